The summed E-state index contributed by atoms with van der Waals surface area (Å²) < 4.78 is 0.963. The zero-order valence-corrected chi connectivity index (χ0v) is 11.7. The number of hydrogen-bond acceptors (Lipinski definition) is 2. The fourth-order valence-corrected chi connectivity index (χ4v) is 1.80. The molecular formula is C13H15BrN2O2. The molecule has 0 aliphatic heterocycles. The molecule has 1 saturated carbocycles. The van der Waals surface area contributed by atoms with Gasteiger partial charge in [-0.3, -0.25) is 9.59 Å². The van der Waals surface area contributed by atoms with Crippen molar-refractivity contribution in [3.05, 3.63) is 33.8 Å². The maximum atomic E-state index is 11.8. The van der Waals surface area contributed by atoms with Gasteiger partial charge in [0.25, 0.3) is 5.91 Å². The molecule has 1 aromatic carbocycles. The molecule has 0 radical (unpaired) electrons. The summed E-state index contributed by atoms with van der Waals surface area (Å²) in [5.41, 5.74) is 1.56. The van der Waals surface area contributed by atoms with E-state index in [2.05, 4.69) is 26.6 Å². The van der Waals surface area contributed by atoms with E-state index in [-0.39, 0.29) is 18.4 Å². The van der Waals surface area contributed by atoms with Crippen molar-refractivity contribution >= 4 is 27.7 Å². The van der Waals surface area contributed by atoms with Crippen molar-refractivity contribution in [3.8, 4) is 0 Å². The Hall–Kier alpha value is -1.36. The molecule has 1 aliphatic carbocycles. The Bertz CT molecular complexity index is 484. The van der Waals surface area contributed by atoms with Crippen molar-refractivity contribution in [2.75, 3.05) is 6.54 Å². The Balaban J connectivity index is 1.86. The van der Waals surface area contributed by atoms with Crippen molar-refractivity contribution in [1.29, 1.82) is 0 Å². The maximum absolute atomic E-state index is 11.8. The van der Waals surface area contributed by atoms with Crippen molar-refractivity contribution in [1.82, 2.24) is 10.6 Å². The SMILES string of the molecule is Cc1cc(C(=O)NCC(=O)NC2CC2)ccc1Br. The number of benzene rings is 1. The Labute approximate surface area is 114 Å². The first kappa shape index (κ1) is 13.1. The smallest absolute Gasteiger partial charge is 0.251 e. The van der Waals surface area contributed by atoms with Crippen LogP contribution in [0.5, 0.6) is 0 Å². The molecule has 0 aromatic heterocycles. The molecular weight excluding hydrogens is 296 g/mol. The molecule has 1 fully saturated rings. The van der Waals surface area contributed by atoms with Crippen LogP contribution in [-0.2, 0) is 4.79 Å². The quantitative estimate of drug-likeness (QED) is 0.890. The van der Waals surface area contributed by atoms with E-state index in [0.29, 0.717) is 11.6 Å². The van der Waals surface area contributed by atoms with Crippen LogP contribution in [0.3, 0.4) is 0 Å². The largest absolute Gasteiger partial charge is 0.352 e. The van der Waals surface area contributed by atoms with E-state index in [9.17, 15) is 9.59 Å². The number of rotatable bonds is 4. The standard InChI is InChI=1S/C13H15BrN2O2/c1-8-6-9(2-5-11(8)14)13(18)15-7-12(17)16-10-3-4-10/h2,5-6,10H,3-4,7H2,1H3,(H,15,18)(H,16,17). The van der Waals surface area contributed by atoms with E-state index in [1.807, 2.05) is 13.0 Å². The first-order valence-electron chi connectivity index (χ1n) is 5.90. The van der Waals surface area contributed by atoms with Gasteiger partial charge in [0.2, 0.25) is 5.91 Å². The zero-order valence-electron chi connectivity index (χ0n) is 10.1. The molecule has 2 rings (SSSR count). The minimum absolute atomic E-state index is 0.0322. The number of aryl methyl sites for hydroxylation is 1. The van der Waals surface area contributed by atoms with Crippen LogP contribution in [0.2, 0.25) is 0 Å². The van der Waals surface area contributed by atoms with Gasteiger partial charge in [0.05, 0.1) is 6.54 Å². The monoisotopic (exact) mass is 310 g/mol. The number of nitrogens with one attached hydrogen (secondary N) is 2. The molecule has 0 unspecified atom stereocenters. The topological polar surface area (TPSA) is 58.2 Å². The van der Waals surface area contributed by atoms with Gasteiger partial charge in [0.15, 0.2) is 0 Å². The Morgan fingerprint density at radius 3 is 2.72 bits per heavy atom. The minimum atomic E-state index is -0.225. The predicted octanol–water partition coefficient (Wildman–Crippen LogP) is 1.77. The third-order valence-corrected chi connectivity index (χ3v) is 3.66. The maximum Gasteiger partial charge on any atom is 0.251 e. The third kappa shape index (κ3) is 3.57. The van der Waals surface area contributed by atoms with Gasteiger partial charge in [-0.2, -0.15) is 0 Å². The van der Waals surface area contributed by atoms with Crippen LogP contribution in [0.4, 0.5) is 0 Å². The highest BCUT2D eigenvalue weighted by molar-refractivity contribution is 9.10. The lowest BCUT2D eigenvalue weighted by Gasteiger charge is -2.07. The molecule has 96 valence electrons. The van der Waals surface area contributed by atoms with Gasteiger partial charge < -0.3 is 10.6 Å². The fraction of sp³-hybridized carbons (Fsp3) is 0.385. The first-order valence-corrected chi connectivity index (χ1v) is 6.69. The summed E-state index contributed by atoms with van der Waals surface area (Å²) in [7, 11) is 0. The Morgan fingerprint density at radius 2 is 2.11 bits per heavy atom. The van der Waals surface area contributed by atoms with E-state index in [1.54, 1.807) is 12.1 Å². The molecule has 0 spiro atoms. The van der Waals surface area contributed by atoms with Crippen molar-refractivity contribution < 1.29 is 9.59 Å². The van der Waals surface area contributed by atoms with Crippen LogP contribution >= 0.6 is 15.9 Å². The number of carbonyl (C=O) groups excluding carboxylic acids is 2. The summed E-state index contributed by atoms with van der Waals surface area (Å²) in [4.78, 5) is 23.2. The third-order valence-electron chi connectivity index (χ3n) is 2.77. The van der Waals surface area contributed by atoms with Crippen LogP contribution in [0.1, 0.15) is 28.8 Å². The average molecular weight is 311 g/mol. The zero-order chi connectivity index (χ0) is 13.1. The van der Waals surface area contributed by atoms with Crippen LogP contribution in [0.25, 0.3) is 0 Å². The lowest BCUT2D eigenvalue weighted by atomic mass is 10.1. The molecule has 2 N–H and O–H groups in total. The van der Waals surface area contributed by atoms with Crippen molar-refractivity contribution in [2.45, 2.75) is 25.8 Å². The lowest BCUT2D eigenvalue weighted by Crippen LogP contribution is -2.37. The van der Waals surface area contributed by atoms with Gasteiger partial charge in [-0.1, -0.05) is 15.9 Å². The molecule has 1 aromatic rings. The van der Waals surface area contributed by atoms with Crippen molar-refractivity contribution in [2.24, 2.45) is 0 Å². The highest BCUT2D eigenvalue weighted by Crippen LogP contribution is 2.18. The van der Waals surface area contributed by atoms with Crippen LogP contribution in [0, 0.1) is 6.92 Å². The molecule has 1 aliphatic rings. The second-order valence-corrected chi connectivity index (χ2v) is 5.34. The molecule has 2 amide bonds. The first-order chi connectivity index (χ1) is 8.56. The molecule has 5 heteroatoms. The van der Waals surface area contributed by atoms with Crippen molar-refractivity contribution in [3.63, 3.8) is 0 Å². The van der Waals surface area contributed by atoms with E-state index in [4.69, 9.17) is 0 Å². The summed E-state index contributed by atoms with van der Waals surface area (Å²) in [5, 5.41) is 5.43. The van der Waals surface area contributed by atoms with Gasteiger partial charge in [-0.15, -0.1) is 0 Å². The van der Waals surface area contributed by atoms with E-state index >= 15 is 0 Å². The van der Waals surface area contributed by atoms with Crippen LogP contribution < -0.4 is 10.6 Å². The predicted molar refractivity (Wildman–Crippen MR) is 72.4 cm³/mol. The van der Waals surface area contributed by atoms with Gasteiger partial charge >= 0.3 is 0 Å². The molecule has 4 nitrogen and oxygen atoms in total. The number of halogens is 1. The fourth-order valence-electron chi connectivity index (χ4n) is 1.55. The Kier molecular flexibility index (Phi) is 4.01. The van der Waals surface area contributed by atoms with E-state index in [0.717, 1.165) is 22.9 Å². The molecule has 0 bridgehead atoms. The molecule has 18 heavy (non-hydrogen) atoms. The molecule has 0 heterocycles. The van der Waals surface area contributed by atoms with Gasteiger partial charge in [-0.25, -0.2) is 0 Å². The summed E-state index contributed by atoms with van der Waals surface area (Å²) >= 11 is 3.38. The molecule has 0 saturated heterocycles. The van der Waals surface area contributed by atoms with Crippen LogP contribution in [0.15, 0.2) is 22.7 Å². The van der Waals surface area contributed by atoms with Gasteiger partial charge in [-0.05, 0) is 43.5 Å². The van der Waals surface area contributed by atoms with E-state index < -0.39 is 0 Å². The Morgan fingerprint density at radius 1 is 1.39 bits per heavy atom. The summed E-state index contributed by atoms with van der Waals surface area (Å²) in [6, 6.07) is 5.67. The highest BCUT2D eigenvalue weighted by Gasteiger charge is 2.23. The summed E-state index contributed by atoms with van der Waals surface area (Å²) in [5.74, 6) is -0.351. The van der Waals surface area contributed by atoms with E-state index in [1.165, 1.54) is 0 Å². The summed E-state index contributed by atoms with van der Waals surface area (Å²) in [6.07, 6.45) is 2.09. The number of amides is 2. The minimum Gasteiger partial charge on any atom is -0.352 e. The lowest BCUT2D eigenvalue weighted by molar-refractivity contribution is -0.120. The summed E-state index contributed by atoms with van der Waals surface area (Å²) in [6.45, 7) is 1.95. The van der Waals surface area contributed by atoms with Gasteiger partial charge in [0.1, 0.15) is 0 Å². The molecule has 0 atom stereocenters. The number of hydrogen-bond donors (Lipinski definition) is 2. The highest BCUT2D eigenvalue weighted by atomic mass is 79.9. The average Bonchev–Trinajstić information content (AvgIpc) is 3.13. The second-order valence-electron chi connectivity index (χ2n) is 4.49. The number of carbonyl (C=O) groups is 2. The second kappa shape index (κ2) is 5.52. The normalized spacial score (nSPS) is 14.1. The van der Waals surface area contributed by atoms with Gasteiger partial charge in [0, 0.05) is 16.1 Å². The van der Waals surface area contributed by atoms with Crippen LogP contribution in [-0.4, -0.2) is 24.4 Å².